The van der Waals surface area contributed by atoms with Crippen molar-refractivity contribution in [2.24, 2.45) is 0 Å². The van der Waals surface area contributed by atoms with Gasteiger partial charge in [0.25, 0.3) is 0 Å². The second-order valence-electron chi connectivity index (χ2n) is 4.27. The first-order valence-corrected chi connectivity index (χ1v) is 5.55. The van der Waals surface area contributed by atoms with E-state index in [0.717, 1.165) is 11.1 Å². The number of aromatic nitrogens is 3. The van der Waals surface area contributed by atoms with E-state index in [-0.39, 0.29) is 5.69 Å². The van der Waals surface area contributed by atoms with Crippen LogP contribution in [0.15, 0.2) is 18.2 Å². The average Bonchev–Trinajstić information content (AvgIpc) is 2.77. The molecule has 0 amide bonds. The van der Waals surface area contributed by atoms with Crippen molar-refractivity contribution in [1.82, 2.24) is 15.0 Å². The molecule has 0 spiro atoms. The second-order valence-corrected chi connectivity index (χ2v) is 4.27. The number of alkyl halides is 3. The van der Waals surface area contributed by atoms with Crippen LogP contribution in [0.5, 0.6) is 0 Å². The molecule has 2 rings (SSSR count). The van der Waals surface area contributed by atoms with E-state index in [1.165, 1.54) is 12.1 Å². The molecule has 5 nitrogen and oxygen atoms in total. The minimum atomic E-state index is -4.87. The van der Waals surface area contributed by atoms with Crippen LogP contribution in [-0.2, 0) is 6.18 Å². The minimum absolute atomic E-state index is 0.112. The van der Waals surface area contributed by atoms with Crippen LogP contribution in [0.1, 0.15) is 27.3 Å². The lowest BCUT2D eigenvalue weighted by Gasteiger charge is -2.11. The van der Waals surface area contributed by atoms with Crippen molar-refractivity contribution >= 4 is 5.97 Å². The summed E-state index contributed by atoms with van der Waals surface area (Å²) in [5.41, 5.74) is -0.728. The summed E-state index contributed by atoms with van der Waals surface area (Å²) in [7, 11) is 0. The van der Waals surface area contributed by atoms with Gasteiger partial charge in [-0.1, -0.05) is 11.3 Å². The van der Waals surface area contributed by atoms with E-state index >= 15 is 0 Å². The Morgan fingerprint density at radius 3 is 2.40 bits per heavy atom. The van der Waals surface area contributed by atoms with Crippen LogP contribution < -0.4 is 0 Å². The van der Waals surface area contributed by atoms with Gasteiger partial charge in [-0.25, -0.2) is 9.48 Å². The first kappa shape index (κ1) is 14.0. The summed E-state index contributed by atoms with van der Waals surface area (Å²) in [6, 6.07) is 4.55. The number of nitrogens with zero attached hydrogens (tertiary/aromatic N) is 3. The number of hydrogen-bond acceptors (Lipinski definition) is 3. The van der Waals surface area contributed by atoms with Crippen molar-refractivity contribution in [2.75, 3.05) is 0 Å². The molecular formula is C12H10F3N3O2. The summed E-state index contributed by atoms with van der Waals surface area (Å²) in [6.45, 7) is 3.55. The molecule has 0 saturated carbocycles. The standard InChI is InChI=1S/C12H10F3N3O2/c1-6-3-4-8(5-7(6)2)18-10(12(13,14)15)9(11(19)20)16-17-18/h3-5H,1-2H3,(H,19,20). The van der Waals surface area contributed by atoms with E-state index in [9.17, 15) is 18.0 Å². The van der Waals surface area contributed by atoms with Crippen molar-refractivity contribution in [3.05, 3.63) is 40.7 Å². The molecule has 8 heteroatoms. The summed E-state index contributed by atoms with van der Waals surface area (Å²) >= 11 is 0. The molecule has 1 aromatic heterocycles. The Balaban J connectivity index is 2.68. The van der Waals surface area contributed by atoms with E-state index in [4.69, 9.17) is 5.11 Å². The zero-order chi connectivity index (χ0) is 15.1. The predicted octanol–water partition coefficient (Wildman–Crippen LogP) is 2.60. The number of halogens is 3. The molecule has 0 radical (unpaired) electrons. The number of carboxylic acid groups (broad SMARTS) is 1. The zero-order valence-electron chi connectivity index (χ0n) is 10.6. The third kappa shape index (κ3) is 2.36. The SMILES string of the molecule is Cc1ccc(-n2nnc(C(=O)O)c2C(F)(F)F)cc1C. The monoisotopic (exact) mass is 285 g/mol. The summed E-state index contributed by atoms with van der Waals surface area (Å²) in [5, 5.41) is 15.2. The van der Waals surface area contributed by atoms with Crippen LogP contribution >= 0.6 is 0 Å². The topological polar surface area (TPSA) is 68.0 Å². The quantitative estimate of drug-likeness (QED) is 0.921. The maximum atomic E-state index is 13.0. The molecular weight excluding hydrogens is 275 g/mol. The number of benzene rings is 1. The average molecular weight is 285 g/mol. The van der Waals surface area contributed by atoms with Gasteiger partial charge in [0.15, 0.2) is 5.69 Å². The van der Waals surface area contributed by atoms with Crippen molar-refractivity contribution in [3.63, 3.8) is 0 Å². The molecule has 0 aliphatic carbocycles. The van der Waals surface area contributed by atoms with Gasteiger partial charge in [-0.3, -0.25) is 0 Å². The van der Waals surface area contributed by atoms with Crippen LogP contribution in [0, 0.1) is 13.8 Å². The van der Waals surface area contributed by atoms with Crippen molar-refractivity contribution in [2.45, 2.75) is 20.0 Å². The third-order valence-electron chi connectivity index (χ3n) is 2.88. The lowest BCUT2D eigenvalue weighted by Crippen LogP contribution is -2.17. The molecule has 0 bridgehead atoms. The summed E-state index contributed by atoms with van der Waals surface area (Å²) in [6.07, 6.45) is -4.87. The van der Waals surface area contributed by atoms with Crippen molar-refractivity contribution in [1.29, 1.82) is 0 Å². The highest BCUT2D eigenvalue weighted by atomic mass is 19.4. The molecule has 0 atom stereocenters. The predicted molar refractivity (Wildman–Crippen MR) is 62.8 cm³/mol. The smallest absolute Gasteiger partial charge is 0.436 e. The van der Waals surface area contributed by atoms with Crippen molar-refractivity contribution in [3.8, 4) is 5.69 Å². The number of carboxylic acids is 1. The maximum absolute atomic E-state index is 13.0. The molecule has 1 heterocycles. The fourth-order valence-corrected chi connectivity index (χ4v) is 1.72. The Hall–Kier alpha value is -2.38. The summed E-state index contributed by atoms with van der Waals surface area (Å²) in [4.78, 5) is 10.8. The van der Waals surface area contributed by atoms with Gasteiger partial charge in [0, 0.05) is 0 Å². The van der Waals surface area contributed by atoms with Gasteiger partial charge in [0.05, 0.1) is 5.69 Å². The number of hydrogen-bond donors (Lipinski definition) is 1. The van der Waals surface area contributed by atoms with E-state index in [0.29, 0.717) is 4.68 Å². The highest BCUT2D eigenvalue weighted by Crippen LogP contribution is 2.32. The number of aryl methyl sites for hydroxylation is 2. The third-order valence-corrected chi connectivity index (χ3v) is 2.88. The van der Waals surface area contributed by atoms with E-state index in [1.807, 2.05) is 6.92 Å². The summed E-state index contributed by atoms with van der Waals surface area (Å²) < 4.78 is 39.5. The minimum Gasteiger partial charge on any atom is -0.476 e. The molecule has 0 aliphatic heterocycles. The van der Waals surface area contributed by atoms with Gasteiger partial charge in [-0.2, -0.15) is 13.2 Å². The highest BCUT2D eigenvalue weighted by molar-refractivity contribution is 5.86. The Morgan fingerprint density at radius 1 is 1.25 bits per heavy atom. The van der Waals surface area contributed by atoms with Crippen molar-refractivity contribution < 1.29 is 23.1 Å². The Morgan fingerprint density at radius 2 is 1.90 bits per heavy atom. The fourth-order valence-electron chi connectivity index (χ4n) is 1.72. The molecule has 0 fully saturated rings. The van der Waals surface area contributed by atoms with Gasteiger partial charge in [0.2, 0.25) is 5.69 Å². The van der Waals surface area contributed by atoms with Gasteiger partial charge in [-0.05, 0) is 37.1 Å². The van der Waals surface area contributed by atoms with Crippen LogP contribution in [0.25, 0.3) is 5.69 Å². The van der Waals surface area contributed by atoms with E-state index < -0.39 is 23.5 Å². The molecule has 0 aliphatic rings. The summed E-state index contributed by atoms with van der Waals surface area (Å²) in [5.74, 6) is -1.77. The number of carbonyl (C=O) groups is 1. The molecule has 20 heavy (non-hydrogen) atoms. The van der Waals surface area contributed by atoms with E-state index in [2.05, 4.69) is 10.3 Å². The van der Waals surface area contributed by atoms with Crippen LogP contribution in [0.2, 0.25) is 0 Å². The van der Waals surface area contributed by atoms with Crippen LogP contribution in [-0.4, -0.2) is 26.1 Å². The van der Waals surface area contributed by atoms with E-state index in [1.54, 1.807) is 13.0 Å². The maximum Gasteiger partial charge on any atom is 0.436 e. The first-order chi connectivity index (χ1) is 9.21. The molecule has 1 N–H and O–H groups in total. The zero-order valence-corrected chi connectivity index (χ0v) is 10.6. The Kier molecular flexibility index (Phi) is 3.24. The second kappa shape index (κ2) is 4.62. The highest BCUT2D eigenvalue weighted by Gasteiger charge is 2.42. The largest absolute Gasteiger partial charge is 0.476 e. The lowest BCUT2D eigenvalue weighted by molar-refractivity contribution is -0.143. The number of rotatable bonds is 2. The van der Waals surface area contributed by atoms with Gasteiger partial charge in [-0.15, -0.1) is 5.10 Å². The molecule has 0 unspecified atom stereocenters. The van der Waals surface area contributed by atoms with Crippen LogP contribution in [0.3, 0.4) is 0 Å². The van der Waals surface area contributed by atoms with Gasteiger partial charge in [0.1, 0.15) is 0 Å². The van der Waals surface area contributed by atoms with Gasteiger partial charge >= 0.3 is 12.1 Å². The molecule has 1 aromatic carbocycles. The molecule has 106 valence electrons. The fraction of sp³-hybridized carbons (Fsp3) is 0.250. The number of aromatic carboxylic acids is 1. The lowest BCUT2D eigenvalue weighted by atomic mass is 10.1. The molecule has 0 saturated heterocycles. The first-order valence-electron chi connectivity index (χ1n) is 5.55. The Bertz CT molecular complexity index is 677. The van der Waals surface area contributed by atoms with Crippen LogP contribution in [0.4, 0.5) is 13.2 Å². The Labute approximate surface area is 111 Å². The normalized spacial score (nSPS) is 11.7. The molecule has 2 aromatic rings. The van der Waals surface area contributed by atoms with Gasteiger partial charge < -0.3 is 5.11 Å².